The first-order valence-electron chi connectivity index (χ1n) is 11.5. The monoisotopic (exact) mass is 506 g/mol. The van der Waals surface area contributed by atoms with Crippen LogP contribution in [0.4, 0.5) is 19.0 Å². The summed E-state index contributed by atoms with van der Waals surface area (Å²) >= 11 is 0. The summed E-state index contributed by atoms with van der Waals surface area (Å²) < 4.78 is 44.1. The van der Waals surface area contributed by atoms with Crippen molar-refractivity contribution < 1.29 is 27.5 Å². The summed E-state index contributed by atoms with van der Waals surface area (Å²) in [6.07, 6.45) is 2.05. The average molecular weight is 506 g/mol. The highest BCUT2D eigenvalue weighted by Gasteiger charge is 2.31. The number of unbranched alkanes of at least 4 members (excludes halogenated alkanes) is 1. The fourth-order valence-corrected chi connectivity index (χ4v) is 3.40. The molecule has 3 aromatic rings. The zero-order valence-electron chi connectivity index (χ0n) is 19.2. The number of anilines is 1. The minimum atomic E-state index is -4.80. The first kappa shape index (κ1) is 25.1. The average Bonchev–Trinajstić information content (AvgIpc) is 3.33. The highest BCUT2D eigenvalue weighted by atomic mass is 19.4. The van der Waals surface area contributed by atoms with Crippen LogP contribution in [0.5, 0.6) is 5.75 Å². The number of hydrogen-bond acceptors (Lipinski definition) is 7. The molecule has 1 aliphatic rings. The Kier molecular flexibility index (Phi) is 7.80. The summed E-state index contributed by atoms with van der Waals surface area (Å²) in [6, 6.07) is 5.22. The number of alkyl halides is 3. The molecule has 1 aromatic carbocycles. The predicted molar refractivity (Wildman–Crippen MR) is 120 cm³/mol. The van der Waals surface area contributed by atoms with Gasteiger partial charge in [-0.2, -0.15) is 0 Å². The summed E-state index contributed by atoms with van der Waals surface area (Å²) in [4.78, 5) is 24.3. The number of nitrogens with zero attached hydrogens (tertiary/aromatic N) is 6. The maximum atomic E-state index is 12.4. The quantitative estimate of drug-likeness (QED) is 0.361. The molecule has 1 saturated carbocycles. The number of amides is 2. The molecule has 36 heavy (non-hydrogen) atoms. The minimum Gasteiger partial charge on any atom is -0.406 e. The van der Waals surface area contributed by atoms with Crippen LogP contribution < -0.4 is 15.4 Å². The normalized spacial score (nSPS) is 13.4. The van der Waals surface area contributed by atoms with Crippen molar-refractivity contribution in [3.63, 3.8) is 0 Å². The molecule has 0 radical (unpaired) electrons. The summed E-state index contributed by atoms with van der Waals surface area (Å²) in [7, 11) is 0. The lowest BCUT2D eigenvalue weighted by Crippen LogP contribution is -2.25. The molecule has 4 rings (SSSR count). The number of carbonyl (C=O) groups is 2. The van der Waals surface area contributed by atoms with Crippen LogP contribution in [0.2, 0.25) is 0 Å². The van der Waals surface area contributed by atoms with Crippen molar-refractivity contribution in [1.82, 2.24) is 35.3 Å². The SMILES string of the molecule is O=C(Cc1cccc(OC(F)(F)F)c1)Nc1cn(CCCCn2cc(C(=O)NCC3CC3)nn2)nn1. The van der Waals surface area contributed by atoms with Gasteiger partial charge in [-0.3, -0.25) is 19.0 Å². The van der Waals surface area contributed by atoms with Gasteiger partial charge < -0.3 is 15.4 Å². The third kappa shape index (κ3) is 8.06. The number of carbonyl (C=O) groups excluding carboxylic acids is 2. The van der Waals surface area contributed by atoms with Crippen LogP contribution in [0.1, 0.15) is 41.7 Å². The van der Waals surface area contributed by atoms with E-state index in [1.54, 1.807) is 21.8 Å². The number of nitrogens with one attached hydrogen (secondary N) is 2. The molecule has 1 fully saturated rings. The Morgan fingerprint density at radius 3 is 2.50 bits per heavy atom. The molecule has 192 valence electrons. The number of aryl methyl sites for hydroxylation is 2. The maximum Gasteiger partial charge on any atom is 0.573 e. The fourth-order valence-electron chi connectivity index (χ4n) is 3.40. The van der Waals surface area contributed by atoms with Gasteiger partial charge >= 0.3 is 6.36 Å². The maximum absolute atomic E-state index is 12.4. The lowest BCUT2D eigenvalue weighted by molar-refractivity contribution is -0.274. The predicted octanol–water partition coefficient (Wildman–Crippen LogP) is 2.57. The summed E-state index contributed by atoms with van der Waals surface area (Å²) in [5.74, 6) is -0.228. The summed E-state index contributed by atoms with van der Waals surface area (Å²) in [5.41, 5.74) is 0.658. The number of aromatic nitrogens is 6. The molecule has 14 heteroatoms. The molecule has 2 amide bonds. The zero-order valence-corrected chi connectivity index (χ0v) is 19.2. The molecular formula is C22H25F3N8O3. The van der Waals surface area contributed by atoms with Crippen molar-refractivity contribution in [2.75, 3.05) is 11.9 Å². The van der Waals surface area contributed by atoms with Crippen molar-refractivity contribution in [2.45, 2.75) is 51.6 Å². The standard InChI is InChI=1S/C22H25F3N8O3/c23-22(24,25)36-17-5-3-4-16(10-17)11-20(34)27-19-14-33(31-29-19)9-2-1-8-32-13-18(28-30-32)21(35)26-12-15-6-7-15/h3-5,10,13-15H,1-2,6-9,11-12H2,(H,26,35)(H,27,34). The van der Waals surface area contributed by atoms with Crippen LogP contribution in [0.15, 0.2) is 36.7 Å². The van der Waals surface area contributed by atoms with Crippen LogP contribution in [-0.4, -0.2) is 54.7 Å². The first-order valence-corrected chi connectivity index (χ1v) is 11.5. The molecule has 2 aromatic heterocycles. The van der Waals surface area contributed by atoms with E-state index in [1.807, 2.05) is 0 Å². The Morgan fingerprint density at radius 2 is 1.78 bits per heavy atom. The van der Waals surface area contributed by atoms with E-state index in [0.29, 0.717) is 36.8 Å². The molecule has 0 aliphatic heterocycles. The van der Waals surface area contributed by atoms with Gasteiger partial charge in [0.25, 0.3) is 5.91 Å². The molecule has 0 unspecified atom stereocenters. The summed E-state index contributed by atoms with van der Waals surface area (Å²) in [6.45, 7) is 1.80. The van der Waals surface area contributed by atoms with Gasteiger partial charge in [0.2, 0.25) is 5.91 Å². The van der Waals surface area contributed by atoms with Crippen molar-refractivity contribution >= 4 is 17.6 Å². The number of rotatable bonds is 12. The van der Waals surface area contributed by atoms with Crippen molar-refractivity contribution in [3.8, 4) is 5.75 Å². The molecule has 2 heterocycles. The van der Waals surface area contributed by atoms with Crippen LogP contribution in [-0.2, 0) is 24.3 Å². The van der Waals surface area contributed by atoms with Crippen LogP contribution >= 0.6 is 0 Å². The Hall–Kier alpha value is -3.97. The Bertz CT molecular complexity index is 1190. The molecule has 0 saturated heterocycles. The number of hydrogen-bond donors (Lipinski definition) is 2. The van der Waals surface area contributed by atoms with E-state index in [1.165, 1.54) is 12.1 Å². The number of benzene rings is 1. The van der Waals surface area contributed by atoms with Gasteiger partial charge in [0.15, 0.2) is 11.5 Å². The molecular weight excluding hydrogens is 481 g/mol. The van der Waals surface area contributed by atoms with E-state index < -0.39 is 18.0 Å². The lowest BCUT2D eigenvalue weighted by atomic mass is 10.1. The van der Waals surface area contributed by atoms with E-state index in [2.05, 4.69) is 36.0 Å². The number of ether oxygens (including phenoxy) is 1. The second-order valence-electron chi connectivity index (χ2n) is 8.51. The third-order valence-electron chi connectivity index (χ3n) is 5.35. The third-order valence-corrected chi connectivity index (χ3v) is 5.35. The van der Waals surface area contributed by atoms with Crippen LogP contribution in [0.3, 0.4) is 0 Å². The van der Waals surface area contributed by atoms with E-state index >= 15 is 0 Å². The van der Waals surface area contributed by atoms with Crippen molar-refractivity contribution in [2.24, 2.45) is 5.92 Å². The van der Waals surface area contributed by atoms with Gasteiger partial charge in [-0.25, -0.2) is 0 Å². The molecule has 11 nitrogen and oxygen atoms in total. The number of halogens is 3. The molecule has 0 spiro atoms. The van der Waals surface area contributed by atoms with Crippen LogP contribution in [0, 0.1) is 5.92 Å². The highest BCUT2D eigenvalue weighted by Crippen LogP contribution is 2.27. The Labute approximate surface area is 204 Å². The first-order chi connectivity index (χ1) is 17.2. The zero-order chi connectivity index (χ0) is 25.5. The minimum absolute atomic E-state index is 0.152. The molecule has 0 atom stereocenters. The van der Waals surface area contributed by atoms with E-state index in [9.17, 15) is 22.8 Å². The highest BCUT2D eigenvalue weighted by molar-refractivity contribution is 5.92. The van der Waals surface area contributed by atoms with E-state index in [0.717, 1.165) is 37.8 Å². The van der Waals surface area contributed by atoms with Crippen molar-refractivity contribution in [1.29, 1.82) is 0 Å². The van der Waals surface area contributed by atoms with Gasteiger partial charge in [-0.15, -0.1) is 23.4 Å². The summed E-state index contributed by atoms with van der Waals surface area (Å²) in [5, 5.41) is 21.2. The molecule has 2 N–H and O–H groups in total. The largest absolute Gasteiger partial charge is 0.573 e. The van der Waals surface area contributed by atoms with Gasteiger partial charge in [0.1, 0.15) is 5.75 Å². The van der Waals surface area contributed by atoms with E-state index in [-0.39, 0.29) is 18.1 Å². The Balaban J connectivity index is 1.16. The second kappa shape index (κ2) is 11.2. The Morgan fingerprint density at radius 1 is 1.06 bits per heavy atom. The second-order valence-corrected chi connectivity index (χ2v) is 8.51. The molecule has 0 bridgehead atoms. The topological polar surface area (TPSA) is 129 Å². The smallest absolute Gasteiger partial charge is 0.406 e. The fraction of sp³-hybridized carbons (Fsp3) is 0.455. The van der Waals surface area contributed by atoms with Gasteiger partial charge in [0.05, 0.1) is 18.8 Å². The van der Waals surface area contributed by atoms with Crippen molar-refractivity contribution in [3.05, 3.63) is 47.9 Å². The van der Waals surface area contributed by atoms with E-state index in [4.69, 9.17) is 0 Å². The van der Waals surface area contributed by atoms with Gasteiger partial charge in [0, 0.05) is 19.6 Å². The lowest BCUT2D eigenvalue weighted by Gasteiger charge is -2.09. The van der Waals surface area contributed by atoms with Crippen LogP contribution in [0.25, 0.3) is 0 Å². The molecule has 1 aliphatic carbocycles. The van der Waals surface area contributed by atoms with Gasteiger partial charge in [-0.05, 0) is 49.3 Å². The van der Waals surface area contributed by atoms with Gasteiger partial charge in [-0.1, -0.05) is 22.6 Å².